The van der Waals surface area contributed by atoms with Gasteiger partial charge in [-0.05, 0) is 46.0 Å². The number of hydrogen-bond donors (Lipinski definition) is 1. The molecule has 6 rings (SSSR count). The summed E-state index contributed by atoms with van der Waals surface area (Å²) in [4.78, 5) is 11.3. The van der Waals surface area contributed by atoms with Crippen molar-refractivity contribution in [2.75, 3.05) is 20.8 Å². The quantitative estimate of drug-likeness (QED) is 0.0839. The predicted octanol–water partition coefficient (Wildman–Crippen LogP) is 7.88. The molecular weight excluding hydrogens is 700 g/mol. The summed E-state index contributed by atoms with van der Waals surface area (Å²) in [5, 5.41) is 9.24. The lowest BCUT2D eigenvalue weighted by Crippen LogP contribution is -2.62. The Kier molecular flexibility index (Phi) is 14.4. The van der Waals surface area contributed by atoms with Crippen molar-refractivity contribution in [3.8, 4) is 17.2 Å². The smallest absolute Gasteiger partial charge is 0.328 e. The molecular formula is C45H46O10. The summed E-state index contributed by atoms with van der Waals surface area (Å²) in [6.45, 7) is 1.29. The highest BCUT2D eigenvalue weighted by Gasteiger charge is 2.50. The molecule has 1 saturated heterocycles. The molecule has 5 aromatic carbocycles. The number of carbonyl (C=O) groups is 1. The Hall–Kier alpha value is -5.49. The first-order valence-corrected chi connectivity index (χ1v) is 18.1. The van der Waals surface area contributed by atoms with Gasteiger partial charge in [-0.25, -0.2) is 4.79 Å². The Morgan fingerprint density at radius 2 is 1.05 bits per heavy atom. The number of carboxylic acids is 1. The number of methoxy groups -OCH3 is 2. The summed E-state index contributed by atoms with van der Waals surface area (Å²) in [6.07, 6.45) is -1.48. The van der Waals surface area contributed by atoms with Crippen molar-refractivity contribution in [1.29, 1.82) is 0 Å². The highest BCUT2D eigenvalue weighted by Crippen LogP contribution is 2.42. The number of aliphatic carboxylic acids is 1. The number of benzene rings is 5. The van der Waals surface area contributed by atoms with Gasteiger partial charge < -0.3 is 43.0 Å². The molecule has 1 heterocycles. The minimum Gasteiger partial charge on any atom is -0.493 e. The zero-order valence-electron chi connectivity index (χ0n) is 30.9. The van der Waals surface area contributed by atoms with Crippen LogP contribution in [0.4, 0.5) is 0 Å². The van der Waals surface area contributed by atoms with E-state index in [2.05, 4.69) is 0 Å². The number of carboxylic acid groups (broad SMARTS) is 1. The fraction of sp³-hybridized carbons (Fsp3) is 0.267. The first kappa shape index (κ1) is 39.2. The lowest BCUT2D eigenvalue weighted by Gasteiger charge is -2.45. The summed E-state index contributed by atoms with van der Waals surface area (Å²) in [6, 6.07) is 42.9. The van der Waals surface area contributed by atoms with Gasteiger partial charge >= 0.3 is 5.97 Å². The van der Waals surface area contributed by atoms with E-state index in [9.17, 15) is 9.90 Å². The van der Waals surface area contributed by atoms with Crippen LogP contribution in [0.3, 0.4) is 0 Å². The number of rotatable bonds is 19. The first-order chi connectivity index (χ1) is 27.0. The fourth-order valence-electron chi connectivity index (χ4n) is 6.24. The van der Waals surface area contributed by atoms with Crippen molar-refractivity contribution >= 4 is 12.0 Å². The van der Waals surface area contributed by atoms with Gasteiger partial charge in [0.15, 0.2) is 11.5 Å². The maximum absolute atomic E-state index is 11.3. The highest BCUT2D eigenvalue weighted by molar-refractivity contribution is 5.85. The molecule has 0 unspecified atom stereocenters. The van der Waals surface area contributed by atoms with Gasteiger partial charge in [-0.2, -0.15) is 0 Å². The maximum atomic E-state index is 11.3. The van der Waals surface area contributed by atoms with E-state index in [1.807, 2.05) is 121 Å². The minimum atomic E-state index is -1.08. The Labute approximate surface area is 321 Å². The van der Waals surface area contributed by atoms with E-state index in [-0.39, 0.29) is 25.6 Å². The minimum absolute atomic E-state index is 0.151. The second kappa shape index (κ2) is 20.3. The van der Waals surface area contributed by atoms with Gasteiger partial charge in [0.05, 0.1) is 47.3 Å². The van der Waals surface area contributed by atoms with Gasteiger partial charge in [-0.1, -0.05) is 121 Å². The third-order valence-electron chi connectivity index (χ3n) is 8.98. The van der Waals surface area contributed by atoms with Crippen LogP contribution in [0.25, 0.3) is 6.08 Å². The van der Waals surface area contributed by atoms with Gasteiger partial charge in [0.1, 0.15) is 24.4 Å². The monoisotopic (exact) mass is 746 g/mol. The molecule has 0 aromatic heterocycles. The Morgan fingerprint density at radius 3 is 1.51 bits per heavy atom. The molecule has 5 atom stereocenters. The second-order valence-corrected chi connectivity index (χ2v) is 12.9. The Morgan fingerprint density at radius 1 is 0.618 bits per heavy atom. The number of ether oxygens (including phenoxy) is 8. The fourth-order valence-corrected chi connectivity index (χ4v) is 6.24. The topological polar surface area (TPSA) is 111 Å². The van der Waals surface area contributed by atoms with Crippen molar-refractivity contribution in [1.82, 2.24) is 0 Å². The molecule has 0 saturated carbocycles. The molecule has 0 radical (unpaired) electrons. The molecule has 5 aromatic rings. The van der Waals surface area contributed by atoms with E-state index in [1.54, 1.807) is 12.1 Å². The summed E-state index contributed by atoms with van der Waals surface area (Å²) >= 11 is 0. The van der Waals surface area contributed by atoms with E-state index < -0.39 is 36.7 Å². The van der Waals surface area contributed by atoms with Crippen LogP contribution in [0.15, 0.2) is 140 Å². The van der Waals surface area contributed by atoms with Crippen LogP contribution in [0.5, 0.6) is 17.2 Å². The van der Waals surface area contributed by atoms with Crippen LogP contribution in [0.2, 0.25) is 0 Å². The largest absolute Gasteiger partial charge is 0.493 e. The van der Waals surface area contributed by atoms with Gasteiger partial charge in [0.2, 0.25) is 12.0 Å². The summed E-state index contributed by atoms with van der Waals surface area (Å²) in [5.41, 5.74) is 4.46. The molecule has 1 fully saturated rings. The molecule has 286 valence electrons. The van der Waals surface area contributed by atoms with Crippen molar-refractivity contribution in [3.05, 3.63) is 167 Å². The lowest BCUT2D eigenvalue weighted by molar-refractivity contribution is -0.310. The molecule has 1 N–H and O–H groups in total. The van der Waals surface area contributed by atoms with Crippen LogP contribution in [0, 0.1) is 0 Å². The maximum Gasteiger partial charge on any atom is 0.328 e. The third kappa shape index (κ3) is 11.3. The first-order valence-electron chi connectivity index (χ1n) is 18.1. The van der Waals surface area contributed by atoms with Crippen LogP contribution >= 0.6 is 0 Å². The average Bonchev–Trinajstić information content (AvgIpc) is 3.23. The van der Waals surface area contributed by atoms with E-state index in [1.165, 1.54) is 20.3 Å². The van der Waals surface area contributed by atoms with Crippen molar-refractivity contribution in [3.63, 3.8) is 0 Å². The SMILES string of the molecule is COc1cc(C=CC(=O)O)cc(OC)c1O[C@@H]1O[C@H](COCc2ccccc2)[C@H](OCc2ccccc2)[C@H](OCc2ccccc2)[C@H]1OCc1ccccc1. The standard InChI is InChI=1S/C45H46O10/c1-48-37-25-36(23-24-40(46)47)26-38(49-2)41(37)55-45-44(53-30-35-21-13-6-14-22-35)43(52-29-34-19-11-5-12-20-34)42(51-28-33-17-9-4-10-18-33)39(54-45)31-50-27-32-15-7-3-8-16-32/h3-26,39,42-45H,27-31H2,1-2H3,(H,46,47)/t39-,42+,43+,44-,45+/m1/s1. The molecule has 0 amide bonds. The lowest BCUT2D eigenvalue weighted by atomic mass is 9.97. The van der Waals surface area contributed by atoms with Crippen LogP contribution < -0.4 is 14.2 Å². The highest BCUT2D eigenvalue weighted by atomic mass is 16.7. The third-order valence-corrected chi connectivity index (χ3v) is 8.98. The van der Waals surface area contributed by atoms with Gasteiger partial charge in [-0.15, -0.1) is 0 Å². The van der Waals surface area contributed by atoms with Gasteiger partial charge in [0, 0.05) is 6.08 Å². The molecule has 0 bridgehead atoms. The molecule has 10 heteroatoms. The summed E-state index contributed by atoms with van der Waals surface area (Å²) in [7, 11) is 2.99. The molecule has 55 heavy (non-hydrogen) atoms. The van der Waals surface area contributed by atoms with Crippen LogP contribution in [-0.2, 0) is 54.9 Å². The zero-order valence-corrected chi connectivity index (χ0v) is 30.9. The normalized spacial score (nSPS) is 19.6. The van der Waals surface area contributed by atoms with E-state index in [0.29, 0.717) is 30.3 Å². The Bertz CT molecular complexity index is 1900. The summed E-state index contributed by atoms with van der Waals surface area (Å²) in [5.74, 6) is -0.240. The van der Waals surface area contributed by atoms with E-state index in [4.69, 9.17) is 37.9 Å². The number of hydrogen-bond acceptors (Lipinski definition) is 9. The van der Waals surface area contributed by atoms with Crippen molar-refractivity contribution in [2.24, 2.45) is 0 Å². The predicted molar refractivity (Wildman–Crippen MR) is 207 cm³/mol. The zero-order chi connectivity index (χ0) is 38.2. The molecule has 0 spiro atoms. The molecule has 1 aliphatic rings. The van der Waals surface area contributed by atoms with Crippen LogP contribution in [-0.4, -0.2) is 62.6 Å². The average molecular weight is 747 g/mol. The van der Waals surface area contributed by atoms with Gasteiger partial charge in [0.25, 0.3) is 0 Å². The van der Waals surface area contributed by atoms with Gasteiger partial charge in [-0.3, -0.25) is 0 Å². The Balaban J connectivity index is 1.39. The van der Waals surface area contributed by atoms with Crippen LogP contribution in [0.1, 0.15) is 27.8 Å². The van der Waals surface area contributed by atoms with E-state index >= 15 is 0 Å². The van der Waals surface area contributed by atoms with Crippen molar-refractivity contribution in [2.45, 2.75) is 57.1 Å². The second-order valence-electron chi connectivity index (χ2n) is 12.9. The molecule has 0 aliphatic carbocycles. The summed E-state index contributed by atoms with van der Waals surface area (Å²) < 4.78 is 51.7. The van der Waals surface area contributed by atoms with Crippen molar-refractivity contribution < 1.29 is 47.8 Å². The van der Waals surface area contributed by atoms with E-state index in [0.717, 1.165) is 28.3 Å². The molecule has 10 nitrogen and oxygen atoms in total. The molecule has 1 aliphatic heterocycles.